The van der Waals surface area contributed by atoms with E-state index < -0.39 is 0 Å². The smallest absolute Gasteiger partial charge is 0.0249 e. The molecule has 1 saturated heterocycles. The second-order valence-corrected chi connectivity index (χ2v) is 5.51. The number of rotatable bonds is 7. The van der Waals surface area contributed by atoms with Crippen molar-refractivity contribution in [2.75, 3.05) is 13.1 Å². The zero-order valence-electron chi connectivity index (χ0n) is 12.3. The lowest BCUT2D eigenvalue weighted by Gasteiger charge is -2.44. The Labute approximate surface area is 108 Å². The third-order valence-electron chi connectivity index (χ3n) is 4.30. The van der Waals surface area contributed by atoms with E-state index in [0.717, 1.165) is 18.6 Å². The normalized spacial score (nSPS) is 24.2. The Balaban J connectivity index is 2.57. The molecule has 0 radical (unpaired) electrons. The molecular formula is C15H32N2. The van der Waals surface area contributed by atoms with Crippen molar-refractivity contribution >= 4 is 0 Å². The maximum Gasteiger partial charge on any atom is 0.0249 e. The summed E-state index contributed by atoms with van der Waals surface area (Å²) in [6.45, 7) is 11.8. The lowest BCUT2D eigenvalue weighted by atomic mass is 9.93. The van der Waals surface area contributed by atoms with Crippen molar-refractivity contribution in [3.05, 3.63) is 0 Å². The lowest BCUT2D eigenvalue weighted by Crippen LogP contribution is -2.54. The summed E-state index contributed by atoms with van der Waals surface area (Å²) in [7, 11) is 0. The van der Waals surface area contributed by atoms with Gasteiger partial charge in [0.25, 0.3) is 0 Å². The van der Waals surface area contributed by atoms with Gasteiger partial charge in [-0.05, 0) is 52.1 Å². The Kier molecular flexibility index (Phi) is 7.14. The molecule has 0 aromatic heterocycles. The molecule has 0 bridgehead atoms. The van der Waals surface area contributed by atoms with Crippen LogP contribution in [0, 0.1) is 0 Å². The van der Waals surface area contributed by atoms with Crippen LogP contribution in [0.25, 0.3) is 0 Å². The number of likely N-dealkylation sites (tertiary alicyclic amines) is 1. The minimum Gasteiger partial charge on any atom is -0.313 e. The molecule has 0 aromatic rings. The number of piperidine rings is 1. The number of hydrogen-bond donors (Lipinski definition) is 1. The van der Waals surface area contributed by atoms with Gasteiger partial charge in [0, 0.05) is 18.1 Å². The highest BCUT2D eigenvalue weighted by Gasteiger charge is 2.30. The van der Waals surface area contributed by atoms with Crippen LogP contribution < -0.4 is 5.32 Å². The average Bonchev–Trinajstić information content (AvgIpc) is 2.38. The molecule has 2 atom stereocenters. The van der Waals surface area contributed by atoms with Crippen LogP contribution in [0.2, 0.25) is 0 Å². The first-order chi connectivity index (χ1) is 8.24. The number of nitrogens with one attached hydrogen (secondary N) is 1. The van der Waals surface area contributed by atoms with E-state index in [2.05, 4.69) is 37.9 Å². The first-order valence-electron chi connectivity index (χ1n) is 7.73. The molecule has 1 rings (SSSR count). The number of nitrogens with zero attached hydrogens (tertiary/aromatic N) is 1. The van der Waals surface area contributed by atoms with Gasteiger partial charge >= 0.3 is 0 Å². The van der Waals surface area contributed by atoms with E-state index in [1.807, 2.05) is 0 Å². The van der Waals surface area contributed by atoms with Crippen LogP contribution in [0.5, 0.6) is 0 Å². The molecule has 0 amide bonds. The summed E-state index contributed by atoms with van der Waals surface area (Å²) in [6.07, 6.45) is 8.03. The van der Waals surface area contributed by atoms with E-state index in [1.165, 1.54) is 45.1 Å². The van der Waals surface area contributed by atoms with Crippen LogP contribution in [-0.2, 0) is 0 Å². The Morgan fingerprint density at radius 3 is 2.47 bits per heavy atom. The summed E-state index contributed by atoms with van der Waals surface area (Å²) >= 11 is 0. The van der Waals surface area contributed by atoms with Crippen LogP contribution in [0.3, 0.4) is 0 Å². The molecule has 2 unspecified atom stereocenters. The van der Waals surface area contributed by atoms with Crippen LogP contribution in [0.15, 0.2) is 0 Å². The molecule has 17 heavy (non-hydrogen) atoms. The largest absolute Gasteiger partial charge is 0.313 e. The molecule has 1 aliphatic rings. The summed E-state index contributed by atoms with van der Waals surface area (Å²) in [5, 5.41) is 3.69. The standard InChI is InChI=1S/C15H32N2/c1-5-11-16-13(4)15-10-8-9-12-17(15)14(6-2)7-3/h13-16H,5-12H2,1-4H3. The van der Waals surface area contributed by atoms with Crippen molar-refractivity contribution in [1.29, 1.82) is 0 Å². The topological polar surface area (TPSA) is 15.3 Å². The Bertz CT molecular complexity index is 189. The fourth-order valence-electron chi connectivity index (χ4n) is 3.24. The molecule has 102 valence electrons. The van der Waals surface area contributed by atoms with Crippen LogP contribution in [0.4, 0.5) is 0 Å². The van der Waals surface area contributed by atoms with E-state index in [1.54, 1.807) is 0 Å². The number of hydrogen-bond acceptors (Lipinski definition) is 2. The maximum atomic E-state index is 3.69. The highest BCUT2D eigenvalue weighted by molar-refractivity contribution is 4.88. The molecule has 1 fully saturated rings. The van der Waals surface area contributed by atoms with E-state index in [4.69, 9.17) is 0 Å². The molecular weight excluding hydrogens is 208 g/mol. The highest BCUT2D eigenvalue weighted by atomic mass is 15.2. The third-order valence-corrected chi connectivity index (χ3v) is 4.30. The highest BCUT2D eigenvalue weighted by Crippen LogP contribution is 2.24. The summed E-state index contributed by atoms with van der Waals surface area (Å²) in [4.78, 5) is 2.79. The first kappa shape index (κ1) is 15.0. The van der Waals surface area contributed by atoms with E-state index in [0.29, 0.717) is 6.04 Å². The summed E-state index contributed by atoms with van der Waals surface area (Å²) in [5.41, 5.74) is 0. The first-order valence-corrected chi connectivity index (χ1v) is 7.73. The van der Waals surface area contributed by atoms with Gasteiger partial charge in [0.05, 0.1) is 0 Å². The average molecular weight is 240 g/mol. The molecule has 2 heteroatoms. The van der Waals surface area contributed by atoms with E-state index >= 15 is 0 Å². The van der Waals surface area contributed by atoms with Crippen molar-refractivity contribution in [2.24, 2.45) is 0 Å². The molecule has 1 heterocycles. The summed E-state index contributed by atoms with van der Waals surface area (Å²) in [5.74, 6) is 0. The Morgan fingerprint density at radius 2 is 1.88 bits per heavy atom. The third kappa shape index (κ3) is 4.26. The maximum absolute atomic E-state index is 3.69. The van der Waals surface area contributed by atoms with Gasteiger partial charge in [0.15, 0.2) is 0 Å². The molecule has 1 N–H and O–H groups in total. The van der Waals surface area contributed by atoms with E-state index in [-0.39, 0.29) is 0 Å². The van der Waals surface area contributed by atoms with Crippen molar-refractivity contribution in [1.82, 2.24) is 10.2 Å². The minimum absolute atomic E-state index is 0.649. The fourth-order valence-corrected chi connectivity index (χ4v) is 3.24. The summed E-state index contributed by atoms with van der Waals surface area (Å²) in [6, 6.07) is 2.21. The molecule has 0 aromatic carbocycles. The monoisotopic (exact) mass is 240 g/mol. The molecule has 0 aliphatic carbocycles. The molecule has 2 nitrogen and oxygen atoms in total. The fraction of sp³-hybridized carbons (Fsp3) is 1.00. The predicted octanol–water partition coefficient (Wildman–Crippen LogP) is 3.42. The molecule has 0 saturated carbocycles. The Morgan fingerprint density at radius 1 is 1.18 bits per heavy atom. The van der Waals surface area contributed by atoms with Gasteiger partial charge in [-0.2, -0.15) is 0 Å². The second kappa shape index (κ2) is 8.10. The van der Waals surface area contributed by atoms with E-state index in [9.17, 15) is 0 Å². The predicted molar refractivity (Wildman–Crippen MR) is 76.5 cm³/mol. The van der Waals surface area contributed by atoms with Gasteiger partial charge < -0.3 is 5.32 Å². The Hall–Kier alpha value is -0.0800. The van der Waals surface area contributed by atoms with Crippen molar-refractivity contribution in [3.63, 3.8) is 0 Å². The van der Waals surface area contributed by atoms with Crippen LogP contribution in [0.1, 0.15) is 66.2 Å². The van der Waals surface area contributed by atoms with Gasteiger partial charge in [-0.15, -0.1) is 0 Å². The van der Waals surface area contributed by atoms with Crippen molar-refractivity contribution in [3.8, 4) is 0 Å². The van der Waals surface area contributed by atoms with Crippen molar-refractivity contribution < 1.29 is 0 Å². The molecule has 0 spiro atoms. The van der Waals surface area contributed by atoms with Gasteiger partial charge in [-0.25, -0.2) is 0 Å². The molecule has 1 aliphatic heterocycles. The zero-order chi connectivity index (χ0) is 12.7. The van der Waals surface area contributed by atoms with Gasteiger partial charge in [0.1, 0.15) is 0 Å². The SMILES string of the molecule is CCCNC(C)C1CCCCN1C(CC)CC. The second-order valence-electron chi connectivity index (χ2n) is 5.51. The quantitative estimate of drug-likeness (QED) is 0.733. The van der Waals surface area contributed by atoms with Crippen LogP contribution in [-0.4, -0.2) is 36.1 Å². The van der Waals surface area contributed by atoms with Crippen LogP contribution >= 0.6 is 0 Å². The van der Waals surface area contributed by atoms with Gasteiger partial charge in [0.2, 0.25) is 0 Å². The van der Waals surface area contributed by atoms with Gasteiger partial charge in [-0.1, -0.05) is 27.2 Å². The minimum atomic E-state index is 0.649. The summed E-state index contributed by atoms with van der Waals surface area (Å²) < 4.78 is 0. The lowest BCUT2D eigenvalue weighted by molar-refractivity contribution is 0.0684. The zero-order valence-corrected chi connectivity index (χ0v) is 12.3. The van der Waals surface area contributed by atoms with Crippen molar-refractivity contribution in [2.45, 2.75) is 84.3 Å². The van der Waals surface area contributed by atoms with Gasteiger partial charge in [-0.3, -0.25) is 4.90 Å².